The quantitative estimate of drug-likeness (QED) is 0.439. The first kappa shape index (κ1) is 18.3. The number of carbonyl (C=O) groups is 2. The number of ether oxygens (including phenoxy) is 1. The molecule has 1 aliphatic rings. The maximum atomic E-state index is 14.1. The number of β-amino-alcohol motifs (C(OH)–C–C–N with tert-alkyl or cyclic N) is 1. The minimum atomic E-state index is -1.42. The lowest BCUT2D eigenvalue weighted by Gasteiger charge is -2.15. The van der Waals surface area contributed by atoms with E-state index in [2.05, 4.69) is 26.0 Å². The number of anilines is 1. The fourth-order valence-electron chi connectivity index (χ4n) is 2.15. The van der Waals surface area contributed by atoms with E-state index >= 15 is 0 Å². The molecular weight excluding hydrogens is 397 g/mol. The topological polar surface area (TPSA) is 78.9 Å². The number of esters is 1. The van der Waals surface area contributed by atoms with Gasteiger partial charge in [-0.15, -0.1) is 0 Å². The monoisotopic (exact) mass is 408 g/mol. The van der Waals surface area contributed by atoms with Gasteiger partial charge in [-0.3, -0.25) is 4.79 Å². The standard InChI is InChI=1S/C14H12BrF3N2O4/c1-24-14(23)6-5-20(2-3-21)13(22)12(6)19-8-4-7(16)10(17)9(15)11(8)18/h4,19,21H,2-3,5H2,1H3. The van der Waals surface area contributed by atoms with E-state index in [0.717, 1.165) is 12.0 Å². The molecule has 0 aliphatic carbocycles. The van der Waals surface area contributed by atoms with E-state index in [1.807, 2.05) is 0 Å². The minimum absolute atomic E-state index is 0.0610. The van der Waals surface area contributed by atoms with Crippen molar-refractivity contribution in [3.8, 4) is 0 Å². The molecule has 0 spiro atoms. The van der Waals surface area contributed by atoms with Crippen LogP contribution in [0.25, 0.3) is 0 Å². The third-order valence-electron chi connectivity index (χ3n) is 3.32. The summed E-state index contributed by atoms with van der Waals surface area (Å²) in [6.45, 7) is -0.576. The van der Waals surface area contributed by atoms with Crippen molar-refractivity contribution < 1.29 is 32.6 Å². The summed E-state index contributed by atoms with van der Waals surface area (Å²) in [7, 11) is 1.10. The van der Waals surface area contributed by atoms with Crippen LogP contribution in [0.5, 0.6) is 0 Å². The Labute approximate surface area is 143 Å². The molecule has 1 aromatic rings. The van der Waals surface area contributed by atoms with Crippen molar-refractivity contribution in [2.24, 2.45) is 0 Å². The summed E-state index contributed by atoms with van der Waals surface area (Å²) in [6, 6.07) is 0.527. The number of nitrogens with zero attached hydrogens (tertiary/aromatic N) is 1. The number of methoxy groups -OCH3 is 1. The van der Waals surface area contributed by atoms with Crippen molar-refractivity contribution in [1.82, 2.24) is 4.90 Å². The SMILES string of the molecule is COC(=O)C1=C(Nc2cc(F)c(F)c(Br)c2F)C(=O)N(CCO)C1. The number of amides is 1. The van der Waals surface area contributed by atoms with Crippen molar-refractivity contribution in [2.45, 2.75) is 0 Å². The van der Waals surface area contributed by atoms with Gasteiger partial charge in [0, 0.05) is 12.6 Å². The van der Waals surface area contributed by atoms with E-state index in [9.17, 15) is 22.8 Å². The molecule has 0 aromatic heterocycles. The van der Waals surface area contributed by atoms with Crippen LogP contribution >= 0.6 is 15.9 Å². The molecule has 1 heterocycles. The first-order valence-corrected chi connectivity index (χ1v) is 7.42. The normalized spacial score (nSPS) is 14.4. The van der Waals surface area contributed by atoms with Gasteiger partial charge in [-0.2, -0.15) is 0 Å². The number of hydrogen-bond donors (Lipinski definition) is 2. The average molecular weight is 409 g/mol. The highest BCUT2D eigenvalue weighted by Gasteiger charge is 2.35. The molecule has 1 aromatic carbocycles. The maximum Gasteiger partial charge on any atom is 0.337 e. The number of halogens is 4. The second kappa shape index (κ2) is 7.22. The predicted octanol–water partition coefficient (Wildman–Crippen LogP) is 1.54. The summed E-state index contributed by atoms with van der Waals surface area (Å²) in [5.41, 5.74) is -0.973. The van der Waals surface area contributed by atoms with Crippen LogP contribution in [0.2, 0.25) is 0 Å². The Kier molecular flexibility index (Phi) is 5.50. The van der Waals surface area contributed by atoms with E-state index in [-0.39, 0.29) is 31.0 Å². The maximum absolute atomic E-state index is 14.1. The first-order chi connectivity index (χ1) is 11.3. The van der Waals surface area contributed by atoms with E-state index in [4.69, 9.17) is 5.11 Å². The zero-order chi connectivity index (χ0) is 18.0. The summed E-state index contributed by atoms with van der Waals surface area (Å²) in [5.74, 6) is -5.47. The lowest BCUT2D eigenvalue weighted by Crippen LogP contribution is -2.31. The molecule has 6 nitrogen and oxygen atoms in total. The lowest BCUT2D eigenvalue weighted by atomic mass is 10.2. The third kappa shape index (κ3) is 3.24. The predicted molar refractivity (Wildman–Crippen MR) is 80.3 cm³/mol. The molecule has 130 valence electrons. The van der Waals surface area contributed by atoms with Crippen molar-refractivity contribution in [1.29, 1.82) is 0 Å². The van der Waals surface area contributed by atoms with Crippen LogP contribution in [0.3, 0.4) is 0 Å². The zero-order valence-electron chi connectivity index (χ0n) is 12.3. The van der Waals surface area contributed by atoms with Gasteiger partial charge in [0.05, 0.1) is 36.0 Å². The summed E-state index contributed by atoms with van der Waals surface area (Å²) in [4.78, 5) is 25.2. The van der Waals surface area contributed by atoms with Crippen LogP contribution in [0.4, 0.5) is 18.9 Å². The highest BCUT2D eigenvalue weighted by atomic mass is 79.9. The molecule has 1 aliphatic heterocycles. The molecule has 0 radical (unpaired) electrons. The van der Waals surface area contributed by atoms with Gasteiger partial charge in [0.2, 0.25) is 0 Å². The Morgan fingerprint density at radius 3 is 2.67 bits per heavy atom. The fraction of sp³-hybridized carbons (Fsp3) is 0.286. The average Bonchev–Trinajstić information content (AvgIpc) is 2.87. The Hall–Kier alpha value is -2.07. The van der Waals surface area contributed by atoms with Gasteiger partial charge in [0.1, 0.15) is 5.70 Å². The molecule has 10 heteroatoms. The van der Waals surface area contributed by atoms with Gasteiger partial charge in [0.15, 0.2) is 17.5 Å². The van der Waals surface area contributed by atoms with Gasteiger partial charge >= 0.3 is 5.97 Å². The third-order valence-corrected chi connectivity index (χ3v) is 4.01. The second-order valence-corrected chi connectivity index (χ2v) is 5.56. The fourth-order valence-corrected chi connectivity index (χ4v) is 2.55. The summed E-state index contributed by atoms with van der Waals surface area (Å²) in [5, 5.41) is 11.3. The van der Waals surface area contributed by atoms with Crippen molar-refractivity contribution >= 4 is 33.5 Å². The highest BCUT2D eigenvalue weighted by molar-refractivity contribution is 9.10. The molecule has 0 saturated heterocycles. The van der Waals surface area contributed by atoms with E-state index in [0.29, 0.717) is 6.07 Å². The molecule has 0 fully saturated rings. The molecule has 0 unspecified atom stereocenters. The van der Waals surface area contributed by atoms with Crippen LogP contribution < -0.4 is 5.32 Å². The van der Waals surface area contributed by atoms with Crippen LogP contribution in [-0.4, -0.2) is 48.7 Å². The van der Waals surface area contributed by atoms with E-state index in [1.54, 1.807) is 0 Å². The molecular formula is C14H12BrF3N2O4. The summed E-state index contributed by atoms with van der Waals surface area (Å²) < 4.78 is 44.6. The highest BCUT2D eigenvalue weighted by Crippen LogP contribution is 2.31. The Balaban J connectivity index is 2.45. The minimum Gasteiger partial charge on any atom is -0.466 e. The number of hydrogen-bond acceptors (Lipinski definition) is 5. The van der Waals surface area contributed by atoms with E-state index < -0.39 is 39.5 Å². The van der Waals surface area contributed by atoms with Crippen LogP contribution in [-0.2, 0) is 14.3 Å². The molecule has 2 N–H and O–H groups in total. The van der Waals surface area contributed by atoms with Gasteiger partial charge in [-0.1, -0.05) is 0 Å². The van der Waals surface area contributed by atoms with Crippen LogP contribution in [0.15, 0.2) is 21.8 Å². The smallest absolute Gasteiger partial charge is 0.337 e. The number of nitrogens with one attached hydrogen (secondary N) is 1. The molecule has 1 amide bonds. The molecule has 0 bridgehead atoms. The lowest BCUT2D eigenvalue weighted by molar-refractivity contribution is -0.136. The molecule has 24 heavy (non-hydrogen) atoms. The van der Waals surface area contributed by atoms with Crippen LogP contribution in [0, 0.1) is 17.5 Å². The van der Waals surface area contributed by atoms with Crippen molar-refractivity contribution in [3.63, 3.8) is 0 Å². The van der Waals surface area contributed by atoms with Crippen molar-refractivity contribution in [2.75, 3.05) is 32.1 Å². The summed E-state index contributed by atoms with van der Waals surface area (Å²) >= 11 is 2.57. The first-order valence-electron chi connectivity index (χ1n) is 6.63. The largest absolute Gasteiger partial charge is 0.466 e. The van der Waals surface area contributed by atoms with E-state index in [1.165, 1.54) is 0 Å². The number of carbonyl (C=O) groups excluding carboxylic acids is 2. The van der Waals surface area contributed by atoms with Crippen LogP contribution in [0.1, 0.15) is 0 Å². The number of rotatable bonds is 5. The van der Waals surface area contributed by atoms with Gasteiger partial charge in [-0.25, -0.2) is 18.0 Å². The van der Waals surface area contributed by atoms with Gasteiger partial charge in [-0.05, 0) is 15.9 Å². The zero-order valence-corrected chi connectivity index (χ0v) is 13.9. The van der Waals surface area contributed by atoms with Gasteiger partial charge in [0.25, 0.3) is 5.91 Å². The number of aliphatic hydroxyl groups excluding tert-OH is 1. The Morgan fingerprint density at radius 1 is 1.42 bits per heavy atom. The Morgan fingerprint density at radius 2 is 2.08 bits per heavy atom. The molecule has 2 rings (SSSR count). The van der Waals surface area contributed by atoms with Gasteiger partial charge < -0.3 is 20.1 Å². The number of benzene rings is 1. The van der Waals surface area contributed by atoms with Crippen molar-refractivity contribution in [3.05, 3.63) is 39.3 Å². The summed E-state index contributed by atoms with van der Waals surface area (Å²) in [6.07, 6.45) is 0. The Bertz CT molecular complexity index is 739. The number of aliphatic hydroxyl groups is 1. The molecule has 0 atom stereocenters. The molecule has 0 saturated carbocycles. The second-order valence-electron chi connectivity index (χ2n) is 4.77.